The average Bonchev–Trinajstić information content (AvgIpc) is 2.31. The first-order valence-corrected chi connectivity index (χ1v) is 7.40. The monoisotopic (exact) mass is 282 g/mol. The highest BCUT2D eigenvalue weighted by atomic mass is 35.5. The maximum absolute atomic E-state index is 6.21. The Morgan fingerprint density at radius 1 is 1.32 bits per heavy atom. The van der Waals surface area contributed by atoms with Gasteiger partial charge in [0.05, 0.1) is 0 Å². The van der Waals surface area contributed by atoms with Gasteiger partial charge in [0, 0.05) is 24.2 Å². The first-order chi connectivity index (χ1) is 8.86. The molecule has 108 valence electrons. The molecule has 0 aromatic heterocycles. The molecule has 1 N–H and O–H groups in total. The summed E-state index contributed by atoms with van der Waals surface area (Å²) < 4.78 is 0. The first-order valence-electron chi connectivity index (χ1n) is 7.02. The van der Waals surface area contributed by atoms with Gasteiger partial charge in [-0.25, -0.2) is 0 Å². The Morgan fingerprint density at radius 2 is 1.95 bits per heavy atom. The second kappa shape index (κ2) is 7.28. The van der Waals surface area contributed by atoms with Gasteiger partial charge in [0.2, 0.25) is 0 Å². The van der Waals surface area contributed by atoms with Crippen molar-refractivity contribution in [3.05, 3.63) is 34.9 Å². The van der Waals surface area contributed by atoms with Crippen LogP contribution < -0.4 is 5.32 Å². The topological polar surface area (TPSA) is 15.3 Å². The second-order valence-corrected chi connectivity index (χ2v) is 6.44. The Kier molecular flexibility index (Phi) is 6.31. The van der Waals surface area contributed by atoms with Gasteiger partial charge >= 0.3 is 0 Å². The molecule has 0 aliphatic carbocycles. The molecule has 2 nitrogen and oxygen atoms in total. The number of halogens is 1. The predicted octanol–water partition coefficient (Wildman–Crippen LogP) is 3.80. The fraction of sp³-hybridized carbons (Fsp3) is 0.625. The number of nitrogens with zero attached hydrogens (tertiary/aromatic N) is 1. The minimum atomic E-state index is 0.228. The molecular weight excluding hydrogens is 256 g/mol. The highest BCUT2D eigenvalue weighted by Crippen LogP contribution is 2.23. The summed E-state index contributed by atoms with van der Waals surface area (Å²) in [5.41, 5.74) is 1.42. The summed E-state index contributed by atoms with van der Waals surface area (Å²) in [6, 6.07) is 8.56. The Labute approximate surface area is 123 Å². The molecule has 0 aliphatic heterocycles. The lowest BCUT2D eigenvalue weighted by atomic mass is 9.84. The number of benzene rings is 1. The molecule has 1 aromatic carbocycles. The van der Waals surface area contributed by atoms with Gasteiger partial charge in [-0.1, -0.05) is 50.6 Å². The molecule has 0 saturated heterocycles. The van der Waals surface area contributed by atoms with Crippen LogP contribution >= 0.6 is 11.6 Å². The molecule has 1 unspecified atom stereocenters. The predicted molar refractivity (Wildman–Crippen MR) is 84.7 cm³/mol. The lowest BCUT2D eigenvalue weighted by molar-refractivity contribution is 0.161. The van der Waals surface area contributed by atoms with Gasteiger partial charge in [-0.05, 0) is 37.6 Å². The van der Waals surface area contributed by atoms with Crippen molar-refractivity contribution < 1.29 is 0 Å². The largest absolute Gasteiger partial charge is 0.314 e. The molecule has 0 saturated carbocycles. The van der Waals surface area contributed by atoms with Crippen LogP contribution in [0, 0.1) is 5.41 Å². The molecule has 3 heteroatoms. The minimum absolute atomic E-state index is 0.228. The third kappa shape index (κ3) is 5.13. The Morgan fingerprint density at radius 3 is 2.53 bits per heavy atom. The van der Waals surface area contributed by atoms with Gasteiger partial charge in [0.1, 0.15) is 0 Å². The maximum atomic E-state index is 6.21. The van der Waals surface area contributed by atoms with Crippen molar-refractivity contribution in [2.24, 2.45) is 5.41 Å². The normalized spacial score (nSPS) is 13.8. The van der Waals surface area contributed by atoms with E-state index in [0.29, 0.717) is 6.04 Å². The van der Waals surface area contributed by atoms with E-state index in [-0.39, 0.29) is 5.41 Å². The lowest BCUT2D eigenvalue weighted by Crippen LogP contribution is -2.45. The van der Waals surface area contributed by atoms with Gasteiger partial charge in [-0.15, -0.1) is 0 Å². The van der Waals surface area contributed by atoms with Crippen LogP contribution in [0.1, 0.15) is 33.3 Å². The fourth-order valence-electron chi connectivity index (χ4n) is 2.39. The van der Waals surface area contributed by atoms with E-state index in [2.05, 4.69) is 51.0 Å². The van der Waals surface area contributed by atoms with Crippen LogP contribution in [0.5, 0.6) is 0 Å². The van der Waals surface area contributed by atoms with E-state index in [0.717, 1.165) is 24.7 Å². The molecule has 0 fully saturated rings. The quantitative estimate of drug-likeness (QED) is 0.818. The summed E-state index contributed by atoms with van der Waals surface area (Å²) >= 11 is 6.21. The van der Waals surface area contributed by atoms with Crippen LogP contribution in [0.25, 0.3) is 0 Å². The van der Waals surface area contributed by atoms with Gasteiger partial charge in [-0.2, -0.15) is 0 Å². The lowest BCUT2D eigenvalue weighted by Gasteiger charge is -2.36. The zero-order valence-electron chi connectivity index (χ0n) is 12.8. The summed E-state index contributed by atoms with van der Waals surface area (Å²) in [4.78, 5) is 2.34. The van der Waals surface area contributed by atoms with E-state index in [4.69, 9.17) is 11.6 Å². The highest BCUT2D eigenvalue weighted by Gasteiger charge is 2.26. The van der Waals surface area contributed by atoms with E-state index < -0.39 is 0 Å². The van der Waals surface area contributed by atoms with E-state index in [9.17, 15) is 0 Å². The Balaban J connectivity index is 2.60. The molecule has 1 aromatic rings. The molecular formula is C16H27ClN2. The number of hydrogen-bond acceptors (Lipinski definition) is 2. The fourth-order valence-corrected chi connectivity index (χ4v) is 2.58. The van der Waals surface area contributed by atoms with Crippen LogP contribution in [0.3, 0.4) is 0 Å². The van der Waals surface area contributed by atoms with Crippen molar-refractivity contribution >= 4 is 11.6 Å². The van der Waals surface area contributed by atoms with Crippen LogP contribution in [-0.2, 0) is 6.54 Å². The molecule has 0 amide bonds. The summed E-state index contributed by atoms with van der Waals surface area (Å²) in [7, 11) is 2.16. The smallest absolute Gasteiger partial charge is 0.0451 e. The van der Waals surface area contributed by atoms with Crippen LogP contribution in [0.4, 0.5) is 0 Å². The van der Waals surface area contributed by atoms with Gasteiger partial charge in [-0.3, -0.25) is 0 Å². The van der Waals surface area contributed by atoms with Crippen molar-refractivity contribution in [3.63, 3.8) is 0 Å². The average molecular weight is 283 g/mol. The molecule has 0 radical (unpaired) electrons. The third-order valence-electron chi connectivity index (χ3n) is 3.76. The van der Waals surface area contributed by atoms with Crippen molar-refractivity contribution in [1.82, 2.24) is 10.2 Å². The van der Waals surface area contributed by atoms with Crippen molar-refractivity contribution in [3.8, 4) is 0 Å². The highest BCUT2D eigenvalue weighted by molar-refractivity contribution is 6.31. The molecule has 19 heavy (non-hydrogen) atoms. The molecule has 1 atom stereocenters. The molecule has 0 spiro atoms. The summed E-state index contributed by atoms with van der Waals surface area (Å²) in [5.74, 6) is 0. The standard InChI is InChI=1S/C16H27ClN2/c1-6-18-13(2)16(3,4)12-19(5)11-14-9-7-8-10-15(14)17/h7-10,13,18H,6,11-12H2,1-5H3. The Hall–Kier alpha value is -0.570. The molecule has 0 aliphatic rings. The van der Waals surface area contributed by atoms with E-state index in [1.165, 1.54) is 5.56 Å². The summed E-state index contributed by atoms with van der Waals surface area (Å²) in [6.45, 7) is 12.0. The van der Waals surface area contributed by atoms with Crippen LogP contribution in [0.15, 0.2) is 24.3 Å². The summed E-state index contributed by atoms with van der Waals surface area (Å²) in [6.07, 6.45) is 0. The summed E-state index contributed by atoms with van der Waals surface area (Å²) in [5, 5.41) is 4.37. The van der Waals surface area contributed by atoms with Crippen molar-refractivity contribution in [1.29, 1.82) is 0 Å². The van der Waals surface area contributed by atoms with Crippen LogP contribution in [-0.4, -0.2) is 31.1 Å². The van der Waals surface area contributed by atoms with Gasteiger partial charge < -0.3 is 10.2 Å². The third-order valence-corrected chi connectivity index (χ3v) is 4.13. The number of hydrogen-bond donors (Lipinski definition) is 1. The minimum Gasteiger partial charge on any atom is -0.314 e. The molecule has 1 rings (SSSR count). The zero-order valence-corrected chi connectivity index (χ0v) is 13.6. The number of nitrogens with one attached hydrogen (secondary N) is 1. The van der Waals surface area contributed by atoms with Crippen molar-refractivity contribution in [2.45, 2.75) is 40.3 Å². The number of rotatable bonds is 7. The van der Waals surface area contributed by atoms with Gasteiger partial charge in [0.25, 0.3) is 0 Å². The van der Waals surface area contributed by atoms with Crippen LogP contribution in [0.2, 0.25) is 5.02 Å². The Bertz CT molecular complexity index is 390. The van der Waals surface area contributed by atoms with E-state index in [1.807, 2.05) is 18.2 Å². The van der Waals surface area contributed by atoms with Crippen molar-refractivity contribution in [2.75, 3.05) is 20.1 Å². The van der Waals surface area contributed by atoms with E-state index in [1.54, 1.807) is 0 Å². The zero-order chi connectivity index (χ0) is 14.5. The molecule has 0 heterocycles. The SMILES string of the molecule is CCNC(C)C(C)(C)CN(C)Cc1ccccc1Cl. The van der Waals surface area contributed by atoms with E-state index >= 15 is 0 Å². The second-order valence-electron chi connectivity index (χ2n) is 6.03. The molecule has 0 bridgehead atoms. The van der Waals surface area contributed by atoms with Gasteiger partial charge in [0.15, 0.2) is 0 Å². The maximum Gasteiger partial charge on any atom is 0.0451 e. The first kappa shape index (κ1) is 16.5.